The zero-order valence-electron chi connectivity index (χ0n) is 14.5. The number of rotatable bonds is 4. The molecule has 0 fully saturated rings. The highest BCUT2D eigenvalue weighted by Crippen LogP contribution is 2.37. The number of aromatic amines is 1. The fourth-order valence-corrected chi connectivity index (χ4v) is 5.79. The molecule has 27 heavy (non-hydrogen) atoms. The molecule has 4 aromatic rings. The second kappa shape index (κ2) is 6.88. The number of nitrogens with zero attached hydrogens (tertiary/aromatic N) is 3. The molecule has 0 radical (unpaired) electrons. The Kier molecular flexibility index (Phi) is 4.37. The average Bonchev–Trinajstić information content (AvgIpc) is 3.38. The van der Waals surface area contributed by atoms with Crippen molar-refractivity contribution in [3.05, 3.63) is 44.1 Å². The first-order valence-corrected chi connectivity index (χ1v) is 11.4. The molecular weight excluding hydrogens is 400 g/mol. The zero-order chi connectivity index (χ0) is 18.4. The summed E-state index contributed by atoms with van der Waals surface area (Å²) in [6, 6.07) is 4.05. The third-order valence-corrected chi connectivity index (χ3v) is 7.60. The summed E-state index contributed by atoms with van der Waals surface area (Å²) in [5.74, 6) is 2.39. The van der Waals surface area contributed by atoms with Crippen molar-refractivity contribution in [2.45, 2.75) is 37.2 Å². The molecule has 0 spiro atoms. The minimum Gasteiger partial charge on any atom is -0.410 e. The van der Waals surface area contributed by atoms with Crippen molar-refractivity contribution < 1.29 is 4.42 Å². The van der Waals surface area contributed by atoms with E-state index in [-0.39, 0.29) is 5.56 Å². The summed E-state index contributed by atoms with van der Waals surface area (Å²) in [4.78, 5) is 21.8. The van der Waals surface area contributed by atoms with E-state index in [1.165, 1.54) is 40.0 Å². The number of thioether (sulfide) groups is 1. The summed E-state index contributed by atoms with van der Waals surface area (Å²) < 4.78 is 6.48. The Hall–Kier alpha value is -1.97. The lowest BCUT2D eigenvalue weighted by molar-refractivity contribution is 0.466. The normalized spacial score (nSPS) is 16.7. The number of hydrogen-bond donors (Lipinski definition) is 1. The number of H-pyrrole nitrogens is 1. The number of fused-ring (bicyclic) bond motifs is 2. The van der Waals surface area contributed by atoms with Gasteiger partial charge in [0.05, 0.1) is 16.1 Å². The maximum absolute atomic E-state index is 12.0. The molecule has 0 bridgehead atoms. The molecule has 1 atom stereocenters. The van der Waals surface area contributed by atoms with Gasteiger partial charge in [0.25, 0.3) is 16.7 Å². The third kappa shape index (κ3) is 3.35. The predicted octanol–water partition coefficient (Wildman–Crippen LogP) is 4.51. The summed E-state index contributed by atoms with van der Waals surface area (Å²) >= 11 is 4.53. The van der Waals surface area contributed by atoms with Crippen molar-refractivity contribution in [1.82, 2.24) is 20.2 Å². The van der Waals surface area contributed by atoms with Gasteiger partial charge in [-0.15, -0.1) is 32.9 Å². The van der Waals surface area contributed by atoms with Gasteiger partial charge in [-0.3, -0.25) is 4.79 Å². The lowest BCUT2D eigenvalue weighted by Gasteiger charge is -2.16. The maximum Gasteiger partial charge on any atom is 0.277 e. The highest BCUT2D eigenvalue weighted by molar-refractivity contribution is 7.98. The average molecular weight is 417 g/mol. The van der Waals surface area contributed by atoms with Crippen LogP contribution in [-0.2, 0) is 18.6 Å². The van der Waals surface area contributed by atoms with Gasteiger partial charge < -0.3 is 9.40 Å². The van der Waals surface area contributed by atoms with Gasteiger partial charge in [-0.2, -0.15) is 0 Å². The fraction of sp³-hybridized carbons (Fsp3) is 0.333. The van der Waals surface area contributed by atoms with E-state index in [9.17, 15) is 4.79 Å². The van der Waals surface area contributed by atoms with Crippen LogP contribution in [0.5, 0.6) is 0 Å². The monoisotopic (exact) mass is 416 g/mol. The van der Waals surface area contributed by atoms with Crippen LogP contribution in [0, 0.1) is 5.92 Å². The number of aryl methyl sites for hydroxylation is 1. The quantitative estimate of drug-likeness (QED) is 0.493. The molecule has 1 aliphatic carbocycles. The predicted molar refractivity (Wildman–Crippen MR) is 109 cm³/mol. The summed E-state index contributed by atoms with van der Waals surface area (Å²) in [6.45, 7) is 2.30. The van der Waals surface area contributed by atoms with Crippen molar-refractivity contribution >= 4 is 44.7 Å². The molecule has 0 saturated heterocycles. The molecule has 5 rings (SSSR count). The van der Waals surface area contributed by atoms with Crippen molar-refractivity contribution in [2.24, 2.45) is 5.92 Å². The van der Waals surface area contributed by atoms with Crippen molar-refractivity contribution in [1.29, 1.82) is 0 Å². The first-order chi connectivity index (χ1) is 13.2. The Balaban J connectivity index is 1.33. The largest absolute Gasteiger partial charge is 0.410 e. The first-order valence-electron chi connectivity index (χ1n) is 8.70. The topological polar surface area (TPSA) is 84.7 Å². The Morgan fingerprint density at radius 1 is 1.41 bits per heavy atom. The van der Waals surface area contributed by atoms with E-state index in [1.54, 1.807) is 11.3 Å². The molecular formula is C18H16N4O2S3. The van der Waals surface area contributed by atoms with Gasteiger partial charge in [-0.1, -0.05) is 18.7 Å². The molecule has 4 aromatic heterocycles. The van der Waals surface area contributed by atoms with Crippen LogP contribution >= 0.6 is 34.4 Å². The first kappa shape index (κ1) is 17.2. The summed E-state index contributed by atoms with van der Waals surface area (Å²) in [6.07, 6.45) is 3.52. The van der Waals surface area contributed by atoms with Gasteiger partial charge in [0.15, 0.2) is 0 Å². The van der Waals surface area contributed by atoms with E-state index >= 15 is 0 Å². The van der Waals surface area contributed by atoms with E-state index in [0.717, 1.165) is 29.2 Å². The van der Waals surface area contributed by atoms with Crippen LogP contribution in [0.25, 0.3) is 21.0 Å². The summed E-state index contributed by atoms with van der Waals surface area (Å²) in [5, 5.41) is 10.7. The van der Waals surface area contributed by atoms with Crippen molar-refractivity contribution in [3.8, 4) is 10.8 Å². The zero-order valence-corrected chi connectivity index (χ0v) is 17.0. The number of thiophene rings is 2. The smallest absolute Gasteiger partial charge is 0.277 e. The van der Waals surface area contributed by atoms with E-state index < -0.39 is 0 Å². The van der Waals surface area contributed by atoms with Gasteiger partial charge in [0.2, 0.25) is 0 Å². The standard InChI is InChI=1S/C18H16N4O2S3/c1-9-2-3-12-10(6-9)7-13(27-12)17-21-22-18(24-17)26-8-14-19-11-4-5-25-15(11)16(23)20-14/h4-5,7,9H,2-3,6,8H2,1H3,(H,19,20,23). The Morgan fingerprint density at radius 3 is 3.26 bits per heavy atom. The van der Waals surface area contributed by atoms with Crippen LogP contribution in [0.4, 0.5) is 0 Å². The van der Waals surface area contributed by atoms with Crippen molar-refractivity contribution in [3.63, 3.8) is 0 Å². The van der Waals surface area contributed by atoms with Gasteiger partial charge in [-0.25, -0.2) is 4.98 Å². The minimum atomic E-state index is -0.102. The van der Waals surface area contributed by atoms with E-state index in [1.807, 2.05) is 11.4 Å². The Morgan fingerprint density at radius 2 is 2.33 bits per heavy atom. The molecule has 0 aliphatic heterocycles. The second-order valence-electron chi connectivity index (χ2n) is 6.72. The molecule has 4 heterocycles. The SMILES string of the molecule is CC1CCc2sc(-c3nnc(SCc4nc5ccsc5c(=O)[nH]4)o3)cc2C1. The maximum atomic E-state index is 12.0. The summed E-state index contributed by atoms with van der Waals surface area (Å²) in [5.41, 5.74) is 2.05. The lowest BCUT2D eigenvalue weighted by atomic mass is 9.90. The number of nitrogens with one attached hydrogen (secondary N) is 1. The van der Waals surface area contributed by atoms with Crippen LogP contribution < -0.4 is 5.56 Å². The molecule has 6 nitrogen and oxygen atoms in total. The minimum absolute atomic E-state index is 0.102. The van der Waals surface area contributed by atoms with Gasteiger partial charge in [-0.05, 0) is 48.3 Å². The van der Waals surface area contributed by atoms with Crippen molar-refractivity contribution in [2.75, 3.05) is 0 Å². The molecule has 1 aliphatic rings. The molecule has 1 N–H and O–H groups in total. The molecule has 9 heteroatoms. The van der Waals surface area contributed by atoms with Crippen LogP contribution in [-0.4, -0.2) is 20.2 Å². The highest BCUT2D eigenvalue weighted by atomic mass is 32.2. The molecule has 0 aromatic carbocycles. The van der Waals surface area contributed by atoms with Crippen LogP contribution in [0.15, 0.2) is 31.9 Å². The molecule has 1 unspecified atom stereocenters. The molecule has 0 saturated carbocycles. The number of aromatic nitrogens is 4. The molecule has 138 valence electrons. The van der Waals surface area contributed by atoms with Gasteiger partial charge >= 0.3 is 0 Å². The van der Waals surface area contributed by atoms with Gasteiger partial charge in [0, 0.05) is 4.88 Å². The van der Waals surface area contributed by atoms with Crippen LogP contribution in [0.2, 0.25) is 0 Å². The fourth-order valence-electron chi connectivity index (χ4n) is 3.30. The second-order valence-corrected chi connectivity index (χ2v) is 9.70. The van der Waals surface area contributed by atoms with Crippen LogP contribution in [0.3, 0.4) is 0 Å². The van der Waals surface area contributed by atoms with E-state index in [0.29, 0.717) is 27.4 Å². The third-order valence-electron chi connectivity index (χ3n) is 4.64. The Bertz CT molecular complexity index is 1170. The van der Waals surface area contributed by atoms with E-state index in [2.05, 4.69) is 33.2 Å². The highest BCUT2D eigenvalue weighted by Gasteiger charge is 2.21. The van der Waals surface area contributed by atoms with Crippen LogP contribution in [0.1, 0.15) is 29.6 Å². The van der Waals surface area contributed by atoms with E-state index in [4.69, 9.17) is 4.42 Å². The Labute approximate surface area is 167 Å². The molecule has 0 amide bonds. The summed E-state index contributed by atoms with van der Waals surface area (Å²) in [7, 11) is 0. The number of hydrogen-bond acceptors (Lipinski definition) is 8. The van der Waals surface area contributed by atoms with Gasteiger partial charge in [0.1, 0.15) is 10.5 Å². The lowest BCUT2D eigenvalue weighted by Crippen LogP contribution is -2.09.